The van der Waals surface area contributed by atoms with Crippen LogP contribution in [-0.4, -0.2) is 35.0 Å². The molecule has 4 saturated carbocycles. The van der Waals surface area contributed by atoms with Gasteiger partial charge in [0.1, 0.15) is 23.0 Å². The Balaban J connectivity index is 1.10. The summed E-state index contributed by atoms with van der Waals surface area (Å²) < 4.78 is 37.9. The van der Waals surface area contributed by atoms with Gasteiger partial charge in [-0.2, -0.15) is 0 Å². The molecule has 10 heteroatoms. The Bertz CT molecular complexity index is 1500. The SMILES string of the molecule is COC(=O)C1(Oc2cc(F)cc([C@]3(O)[C@@H]4CC[C@H]3C[C@H](OCc3c(-c5c(Cl)cccc5Cl)noc3C3CC3)C4)c2)CC1. The van der Waals surface area contributed by atoms with E-state index in [1.807, 2.05) is 0 Å². The number of carbonyl (C=O) groups excluding carboxylic acids is 1. The smallest absolute Gasteiger partial charge is 0.350 e. The number of fused-ring (bicyclic) bond motifs is 2. The van der Waals surface area contributed by atoms with E-state index in [0.29, 0.717) is 65.1 Å². The molecule has 2 bridgehead atoms. The number of nitrogens with zero attached hydrogens (tertiary/aromatic N) is 1. The van der Waals surface area contributed by atoms with Crippen molar-refractivity contribution in [2.75, 3.05) is 7.11 Å². The van der Waals surface area contributed by atoms with Gasteiger partial charge in [0.05, 0.1) is 35.5 Å². The zero-order chi connectivity index (χ0) is 29.2. The van der Waals surface area contributed by atoms with E-state index in [0.717, 1.165) is 37.0 Å². The molecule has 4 aliphatic carbocycles. The van der Waals surface area contributed by atoms with Crippen LogP contribution in [-0.2, 0) is 26.5 Å². The molecule has 0 radical (unpaired) electrons. The van der Waals surface area contributed by atoms with Crippen LogP contribution >= 0.6 is 23.2 Å². The van der Waals surface area contributed by atoms with Crippen molar-refractivity contribution in [3.05, 3.63) is 69.1 Å². The first-order chi connectivity index (χ1) is 20.2. The molecule has 7 rings (SSSR count). The zero-order valence-electron chi connectivity index (χ0n) is 23.2. The molecule has 4 aliphatic rings. The number of aromatic nitrogens is 1. The molecule has 7 nitrogen and oxygen atoms in total. The quantitative estimate of drug-likeness (QED) is 0.252. The highest BCUT2D eigenvalue weighted by molar-refractivity contribution is 6.39. The highest BCUT2D eigenvalue weighted by Crippen LogP contribution is 2.57. The van der Waals surface area contributed by atoms with Crippen molar-refractivity contribution < 1.29 is 33.0 Å². The summed E-state index contributed by atoms with van der Waals surface area (Å²) in [6.45, 7) is 0.294. The highest BCUT2D eigenvalue weighted by atomic mass is 35.5. The van der Waals surface area contributed by atoms with Gasteiger partial charge in [0.25, 0.3) is 0 Å². The summed E-state index contributed by atoms with van der Waals surface area (Å²) >= 11 is 13.0. The maximum Gasteiger partial charge on any atom is 0.350 e. The predicted octanol–water partition coefficient (Wildman–Crippen LogP) is 7.34. The van der Waals surface area contributed by atoms with Crippen LogP contribution in [0.5, 0.6) is 5.75 Å². The molecule has 4 fully saturated rings. The van der Waals surface area contributed by atoms with Crippen LogP contribution in [0.2, 0.25) is 10.0 Å². The summed E-state index contributed by atoms with van der Waals surface area (Å²) in [7, 11) is 1.31. The third kappa shape index (κ3) is 4.80. The molecule has 0 aliphatic heterocycles. The van der Waals surface area contributed by atoms with Crippen molar-refractivity contribution in [3.8, 4) is 17.0 Å². The van der Waals surface area contributed by atoms with Crippen LogP contribution in [0.1, 0.15) is 74.2 Å². The van der Waals surface area contributed by atoms with Crippen molar-refractivity contribution in [2.24, 2.45) is 11.8 Å². The third-order valence-corrected chi connectivity index (χ3v) is 10.2. The van der Waals surface area contributed by atoms with Gasteiger partial charge in [0.2, 0.25) is 5.60 Å². The number of esters is 1. The molecular formula is C32H32Cl2FNO6. The summed E-state index contributed by atoms with van der Waals surface area (Å²) in [5.74, 6) is 0.150. The van der Waals surface area contributed by atoms with E-state index < -0.39 is 23.0 Å². The van der Waals surface area contributed by atoms with Crippen LogP contribution in [0, 0.1) is 17.7 Å². The molecule has 0 unspecified atom stereocenters. The minimum atomic E-state index is -1.21. The zero-order valence-corrected chi connectivity index (χ0v) is 24.7. The average Bonchev–Trinajstić information content (AvgIpc) is 3.89. The molecule has 1 aromatic heterocycles. The van der Waals surface area contributed by atoms with E-state index >= 15 is 0 Å². The number of aliphatic hydroxyl groups is 1. The van der Waals surface area contributed by atoms with Crippen molar-refractivity contribution in [2.45, 2.75) is 81.2 Å². The number of hydrogen-bond donors (Lipinski definition) is 1. The second-order valence-electron chi connectivity index (χ2n) is 12.2. The van der Waals surface area contributed by atoms with Gasteiger partial charge in [-0.3, -0.25) is 0 Å². The lowest BCUT2D eigenvalue weighted by atomic mass is 9.69. The molecule has 2 aromatic carbocycles. The maximum absolute atomic E-state index is 14.8. The largest absolute Gasteiger partial charge is 0.475 e. The molecule has 0 saturated heterocycles. The van der Waals surface area contributed by atoms with Crippen LogP contribution in [0.4, 0.5) is 4.39 Å². The molecule has 4 atom stereocenters. The summed E-state index contributed by atoms with van der Waals surface area (Å²) in [6.07, 6.45) is 5.87. The van der Waals surface area contributed by atoms with Gasteiger partial charge in [-0.25, -0.2) is 9.18 Å². The Kier molecular flexibility index (Phi) is 7.04. The third-order valence-electron chi connectivity index (χ3n) is 9.54. The first-order valence-corrected chi connectivity index (χ1v) is 15.3. The van der Waals surface area contributed by atoms with Gasteiger partial charge in [-0.05, 0) is 80.2 Å². The van der Waals surface area contributed by atoms with Gasteiger partial charge in [0, 0.05) is 36.0 Å². The minimum Gasteiger partial charge on any atom is -0.475 e. The first-order valence-electron chi connectivity index (χ1n) is 14.6. The Morgan fingerprint density at radius 3 is 2.40 bits per heavy atom. The Labute approximate surface area is 253 Å². The number of benzene rings is 2. The molecule has 0 spiro atoms. The van der Waals surface area contributed by atoms with Crippen molar-refractivity contribution in [1.29, 1.82) is 0 Å². The number of ether oxygens (including phenoxy) is 3. The second kappa shape index (κ2) is 10.5. The lowest BCUT2D eigenvalue weighted by Gasteiger charge is -2.43. The normalized spacial score (nSPS) is 27.6. The average molecular weight is 617 g/mol. The van der Waals surface area contributed by atoms with Gasteiger partial charge in [-0.1, -0.05) is 34.4 Å². The molecular weight excluding hydrogens is 584 g/mol. The van der Waals surface area contributed by atoms with E-state index in [4.69, 9.17) is 41.9 Å². The standard InChI is InChI=1S/C32H32Cl2FNO6/c1-39-30(37)31(9-10-31)41-23-14-20(11-21(35)15-23)32(38)18-7-8-19(32)13-22(12-18)40-16-24-28(36-42-29(24)17-5-6-17)27-25(33)3-2-4-26(27)34/h2-4,11,14-15,17-19,22,38H,5-10,12-13,16H2,1H3/t18-,19+,22-,32+. The second-order valence-corrected chi connectivity index (χ2v) is 13.0. The molecule has 3 aromatic rings. The van der Waals surface area contributed by atoms with Gasteiger partial charge >= 0.3 is 5.97 Å². The monoisotopic (exact) mass is 615 g/mol. The summed E-state index contributed by atoms with van der Waals surface area (Å²) in [5, 5.41) is 17.4. The number of halogens is 3. The first kappa shape index (κ1) is 28.1. The molecule has 222 valence electrons. The van der Waals surface area contributed by atoms with Gasteiger partial charge in [-0.15, -0.1) is 0 Å². The number of hydrogen-bond acceptors (Lipinski definition) is 7. The van der Waals surface area contributed by atoms with E-state index in [-0.39, 0.29) is 23.7 Å². The summed E-state index contributed by atoms with van der Waals surface area (Å²) in [5.41, 5.74) is 0.311. The van der Waals surface area contributed by atoms with E-state index in [9.17, 15) is 14.3 Å². The van der Waals surface area contributed by atoms with Crippen LogP contribution in [0.3, 0.4) is 0 Å². The van der Waals surface area contributed by atoms with Crippen molar-refractivity contribution in [1.82, 2.24) is 5.16 Å². The lowest BCUT2D eigenvalue weighted by Crippen LogP contribution is -2.44. The fraction of sp³-hybridized carbons (Fsp3) is 0.500. The predicted molar refractivity (Wildman–Crippen MR) is 153 cm³/mol. The fourth-order valence-corrected chi connectivity index (χ4v) is 7.66. The van der Waals surface area contributed by atoms with Crippen molar-refractivity contribution >= 4 is 29.2 Å². The van der Waals surface area contributed by atoms with E-state index in [2.05, 4.69) is 5.16 Å². The van der Waals surface area contributed by atoms with Gasteiger partial charge < -0.3 is 23.8 Å². The summed E-state index contributed by atoms with van der Waals surface area (Å²) in [4.78, 5) is 12.2. The van der Waals surface area contributed by atoms with Crippen molar-refractivity contribution in [3.63, 3.8) is 0 Å². The summed E-state index contributed by atoms with van der Waals surface area (Å²) in [6, 6.07) is 9.67. The topological polar surface area (TPSA) is 91.0 Å². The van der Waals surface area contributed by atoms with Gasteiger partial charge in [0.15, 0.2) is 0 Å². The number of carbonyl (C=O) groups is 1. The maximum atomic E-state index is 14.8. The lowest BCUT2D eigenvalue weighted by molar-refractivity contribution is -0.151. The molecule has 1 heterocycles. The van der Waals surface area contributed by atoms with Crippen LogP contribution in [0.25, 0.3) is 11.3 Å². The Hall–Kier alpha value is -2.65. The number of methoxy groups -OCH3 is 1. The Morgan fingerprint density at radius 2 is 1.79 bits per heavy atom. The fourth-order valence-electron chi connectivity index (χ4n) is 7.08. The molecule has 0 amide bonds. The number of rotatable bonds is 9. The van der Waals surface area contributed by atoms with E-state index in [1.165, 1.54) is 19.2 Å². The highest BCUT2D eigenvalue weighted by Gasteiger charge is 2.56. The molecule has 1 N–H and O–H groups in total. The van der Waals surface area contributed by atoms with Crippen LogP contribution < -0.4 is 4.74 Å². The minimum absolute atomic E-state index is 0.0994. The van der Waals surface area contributed by atoms with E-state index in [1.54, 1.807) is 24.3 Å². The molecule has 42 heavy (non-hydrogen) atoms. The van der Waals surface area contributed by atoms with Crippen LogP contribution in [0.15, 0.2) is 40.9 Å². The Morgan fingerprint density at radius 1 is 1.10 bits per heavy atom.